The summed E-state index contributed by atoms with van der Waals surface area (Å²) in [6, 6.07) is 3.81. The zero-order valence-electron chi connectivity index (χ0n) is 18.2. The summed E-state index contributed by atoms with van der Waals surface area (Å²) in [6.07, 6.45) is 5.01. The van der Waals surface area contributed by atoms with Crippen molar-refractivity contribution in [3.8, 4) is 17.2 Å². The summed E-state index contributed by atoms with van der Waals surface area (Å²) in [5.41, 5.74) is 2.32. The third-order valence-electron chi connectivity index (χ3n) is 5.45. The van der Waals surface area contributed by atoms with E-state index in [2.05, 4.69) is 22.0 Å². The molecule has 1 unspecified atom stereocenters. The van der Waals surface area contributed by atoms with Gasteiger partial charge in [-0.05, 0) is 36.5 Å². The Kier molecular flexibility index (Phi) is 6.31. The van der Waals surface area contributed by atoms with Crippen LogP contribution in [-0.4, -0.2) is 52.4 Å². The van der Waals surface area contributed by atoms with Crippen molar-refractivity contribution in [1.29, 1.82) is 0 Å². The second kappa shape index (κ2) is 9.13. The molecule has 8 nitrogen and oxygen atoms in total. The number of benzene rings is 1. The highest BCUT2D eigenvalue weighted by atomic mass is 32.2. The van der Waals surface area contributed by atoms with E-state index < -0.39 is 0 Å². The van der Waals surface area contributed by atoms with Gasteiger partial charge >= 0.3 is 0 Å². The molecule has 3 aromatic rings. The number of carbonyl (C=O) groups is 1. The molecule has 1 aliphatic rings. The van der Waals surface area contributed by atoms with Crippen LogP contribution in [0.3, 0.4) is 0 Å². The minimum Gasteiger partial charge on any atom is -0.493 e. The van der Waals surface area contributed by atoms with Crippen LogP contribution < -0.4 is 14.2 Å². The van der Waals surface area contributed by atoms with E-state index in [0.717, 1.165) is 29.9 Å². The molecule has 0 amide bonds. The molecule has 2 heterocycles. The maximum atomic E-state index is 13.0. The SMILES string of the molecule is CCCCSc1nc2nc3c(cn2n1)C(=O)CC(c1cc(OC)c(OC)c(OC)c1)C3. The maximum absolute atomic E-state index is 13.0. The number of thioether (sulfide) groups is 1. The van der Waals surface area contributed by atoms with Gasteiger partial charge in [0, 0.05) is 18.4 Å². The van der Waals surface area contributed by atoms with Gasteiger partial charge < -0.3 is 14.2 Å². The van der Waals surface area contributed by atoms with E-state index in [0.29, 0.717) is 46.6 Å². The molecule has 9 heteroatoms. The van der Waals surface area contributed by atoms with E-state index in [9.17, 15) is 4.79 Å². The Balaban J connectivity index is 1.66. The van der Waals surface area contributed by atoms with Crippen LogP contribution in [0.1, 0.15) is 53.7 Å². The Morgan fingerprint density at radius 3 is 2.48 bits per heavy atom. The highest BCUT2D eigenvalue weighted by molar-refractivity contribution is 7.99. The van der Waals surface area contributed by atoms with Crippen LogP contribution in [-0.2, 0) is 6.42 Å². The zero-order chi connectivity index (χ0) is 22.0. The third-order valence-corrected chi connectivity index (χ3v) is 6.37. The summed E-state index contributed by atoms with van der Waals surface area (Å²) in [5.74, 6) is 3.18. The van der Waals surface area contributed by atoms with Gasteiger partial charge in [-0.1, -0.05) is 25.1 Å². The van der Waals surface area contributed by atoms with Gasteiger partial charge in [0.05, 0.1) is 32.6 Å². The molecule has 1 aliphatic carbocycles. The van der Waals surface area contributed by atoms with Gasteiger partial charge in [0.2, 0.25) is 10.9 Å². The van der Waals surface area contributed by atoms with Crippen LogP contribution in [0.25, 0.3) is 5.78 Å². The molecule has 0 saturated carbocycles. The first-order valence-electron chi connectivity index (χ1n) is 10.3. The normalized spacial score (nSPS) is 15.7. The second-order valence-corrected chi connectivity index (χ2v) is 8.49. The number of aromatic nitrogens is 4. The van der Waals surface area contributed by atoms with Crippen molar-refractivity contribution in [2.24, 2.45) is 0 Å². The molecule has 0 N–H and O–H groups in total. The lowest BCUT2D eigenvalue weighted by Crippen LogP contribution is -2.21. The number of hydrogen-bond donors (Lipinski definition) is 0. The van der Waals surface area contributed by atoms with Gasteiger partial charge in [0.1, 0.15) is 0 Å². The Morgan fingerprint density at radius 1 is 1.10 bits per heavy atom. The zero-order valence-corrected chi connectivity index (χ0v) is 19.0. The van der Waals surface area contributed by atoms with Crippen LogP contribution in [0.2, 0.25) is 0 Å². The largest absolute Gasteiger partial charge is 0.493 e. The van der Waals surface area contributed by atoms with Crippen molar-refractivity contribution < 1.29 is 19.0 Å². The fourth-order valence-corrected chi connectivity index (χ4v) is 4.71. The van der Waals surface area contributed by atoms with Gasteiger partial charge in [-0.25, -0.2) is 9.50 Å². The summed E-state index contributed by atoms with van der Waals surface area (Å²) < 4.78 is 18.0. The molecule has 0 saturated heterocycles. The maximum Gasteiger partial charge on any atom is 0.253 e. The molecule has 1 aromatic carbocycles. The van der Waals surface area contributed by atoms with Crippen molar-refractivity contribution in [3.05, 3.63) is 35.2 Å². The van der Waals surface area contributed by atoms with E-state index >= 15 is 0 Å². The highest BCUT2D eigenvalue weighted by Gasteiger charge is 2.30. The number of ketones is 1. The lowest BCUT2D eigenvalue weighted by Gasteiger charge is -2.24. The predicted molar refractivity (Wildman–Crippen MR) is 118 cm³/mol. The van der Waals surface area contributed by atoms with Crippen LogP contribution >= 0.6 is 11.8 Å². The van der Waals surface area contributed by atoms with Gasteiger partial charge in [-0.15, -0.1) is 5.10 Å². The summed E-state index contributed by atoms with van der Waals surface area (Å²) in [6.45, 7) is 2.16. The fourth-order valence-electron chi connectivity index (χ4n) is 3.81. The number of Topliss-reactive ketones (excluding diaryl/α,β-unsaturated/α-hetero) is 1. The number of rotatable bonds is 8. The molecule has 1 atom stereocenters. The van der Waals surface area contributed by atoms with Crippen molar-refractivity contribution in [2.45, 2.75) is 43.7 Å². The Morgan fingerprint density at radius 2 is 1.84 bits per heavy atom. The molecule has 0 spiro atoms. The van der Waals surface area contributed by atoms with Crippen LogP contribution in [0.5, 0.6) is 17.2 Å². The average Bonchev–Trinajstić information content (AvgIpc) is 3.18. The standard InChI is InChI=1S/C22H26N4O4S/c1-5-6-7-31-22-24-21-23-16-8-13(9-17(27)15(16)12-26(21)25-22)14-10-18(28-2)20(30-4)19(11-14)29-3/h10-13H,5-9H2,1-4H3. The summed E-state index contributed by atoms with van der Waals surface area (Å²) in [5, 5.41) is 5.17. The van der Waals surface area contributed by atoms with Crippen molar-refractivity contribution in [3.63, 3.8) is 0 Å². The Hall–Kier alpha value is -2.81. The molecule has 2 aromatic heterocycles. The minimum atomic E-state index is -0.0371. The van der Waals surface area contributed by atoms with Crippen molar-refractivity contribution >= 4 is 23.3 Å². The number of carbonyl (C=O) groups excluding carboxylic acids is 1. The number of unbranched alkanes of at least 4 members (excludes halogenated alkanes) is 1. The van der Waals surface area contributed by atoms with Gasteiger partial charge in [0.25, 0.3) is 5.78 Å². The summed E-state index contributed by atoms with van der Waals surface area (Å²) >= 11 is 1.62. The van der Waals surface area contributed by atoms with Crippen LogP contribution in [0.4, 0.5) is 0 Å². The average molecular weight is 443 g/mol. The molecule has 0 fully saturated rings. The smallest absolute Gasteiger partial charge is 0.253 e. The van der Waals surface area contributed by atoms with Crippen molar-refractivity contribution in [2.75, 3.05) is 27.1 Å². The van der Waals surface area contributed by atoms with Crippen LogP contribution in [0.15, 0.2) is 23.5 Å². The topological polar surface area (TPSA) is 87.8 Å². The molecular weight excluding hydrogens is 416 g/mol. The fraction of sp³-hybridized carbons (Fsp3) is 0.455. The van der Waals surface area contributed by atoms with E-state index in [-0.39, 0.29) is 11.7 Å². The van der Waals surface area contributed by atoms with E-state index in [1.807, 2.05) is 12.1 Å². The quantitative estimate of drug-likeness (QED) is 0.383. The minimum absolute atomic E-state index is 0.0371. The van der Waals surface area contributed by atoms with Gasteiger partial charge in [-0.2, -0.15) is 4.98 Å². The molecular formula is C22H26N4O4S. The summed E-state index contributed by atoms with van der Waals surface area (Å²) in [7, 11) is 4.74. The number of fused-ring (bicyclic) bond motifs is 2. The first-order chi connectivity index (χ1) is 15.1. The third kappa shape index (κ3) is 4.19. The van der Waals surface area contributed by atoms with Crippen molar-refractivity contribution in [1.82, 2.24) is 19.6 Å². The lowest BCUT2D eigenvalue weighted by atomic mass is 9.82. The molecule has 164 valence electrons. The second-order valence-electron chi connectivity index (χ2n) is 7.43. The van der Waals surface area contributed by atoms with E-state index in [1.165, 1.54) is 0 Å². The first kappa shape index (κ1) is 21.4. The van der Waals surface area contributed by atoms with E-state index in [4.69, 9.17) is 14.2 Å². The molecule has 31 heavy (non-hydrogen) atoms. The number of ether oxygens (including phenoxy) is 3. The highest BCUT2D eigenvalue weighted by Crippen LogP contribution is 2.42. The Bertz CT molecular complexity index is 1090. The molecule has 0 aliphatic heterocycles. The van der Waals surface area contributed by atoms with Crippen LogP contribution in [0, 0.1) is 0 Å². The molecule has 0 radical (unpaired) electrons. The molecule has 0 bridgehead atoms. The lowest BCUT2D eigenvalue weighted by molar-refractivity contribution is 0.0962. The van der Waals surface area contributed by atoms with E-state index in [1.54, 1.807) is 43.8 Å². The monoisotopic (exact) mass is 442 g/mol. The number of nitrogens with zero attached hydrogens (tertiary/aromatic N) is 4. The van der Waals surface area contributed by atoms with Gasteiger partial charge in [-0.3, -0.25) is 4.79 Å². The first-order valence-corrected chi connectivity index (χ1v) is 11.3. The summed E-state index contributed by atoms with van der Waals surface area (Å²) in [4.78, 5) is 22.2. The molecule has 4 rings (SSSR count). The number of hydrogen-bond acceptors (Lipinski definition) is 8. The predicted octanol–water partition coefficient (Wildman–Crippen LogP) is 3.96. The van der Waals surface area contributed by atoms with Gasteiger partial charge in [0.15, 0.2) is 17.3 Å². The Labute approximate surface area is 185 Å². The number of methoxy groups -OCH3 is 3.